The Labute approximate surface area is 119 Å². The van der Waals surface area contributed by atoms with Crippen LogP contribution in [0.4, 0.5) is 0 Å². The number of hydrogen-bond acceptors (Lipinski definition) is 4. The summed E-state index contributed by atoms with van der Waals surface area (Å²) in [6.07, 6.45) is 1.75. The van der Waals surface area contributed by atoms with Crippen molar-refractivity contribution in [1.82, 2.24) is 9.80 Å². The number of carbonyl (C=O) groups is 1. The van der Waals surface area contributed by atoms with Crippen LogP contribution in [0.25, 0.3) is 0 Å². The highest BCUT2D eigenvalue weighted by atomic mass is 32.1. The van der Waals surface area contributed by atoms with Crippen molar-refractivity contribution in [3.05, 3.63) is 22.4 Å². The summed E-state index contributed by atoms with van der Waals surface area (Å²) in [5, 5.41) is 2.11. The Morgan fingerprint density at radius 1 is 1.42 bits per heavy atom. The fraction of sp³-hybridized carbons (Fsp3) is 0.643. The van der Waals surface area contributed by atoms with Gasteiger partial charge in [-0.3, -0.25) is 9.69 Å². The van der Waals surface area contributed by atoms with Gasteiger partial charge in [-0.2, -0.15) is 0 Å². The van der Waals surface area contributed by atoms with Crippen LogP contribution in [0.15, 0.2) is 17.5 Å². The molecule has 2 N–H and O–H groups in total. The monoisotopic (exact) mass is 281 g/mol. The Morgan fingerprint density at radius 3 is 2.95 bits per heavy atom. The molecule has 4 nitrogen and oxygen atoms in total. The zero-order chi connectivity index (χ0) is 13.7. The van der Waals surface area contributed by atoms with Crippen LogP contribution in [0.5, 0.6) is 0 Å². The van der Waals surface area contributed by atoms with Gasteiger partial charge in [-0.15, -0.1) is 11.3 Å². The molecule has 5 heteroatoms. The van der Waals surface area contributed by atoms with E-state index in [1.807, 2.05) is 11.8 Å². The minimum Gasteiger partial charge on any atom is -0.340 e. The number of rotatable bonds is 4. The van der Waals surface area contributed by atoms with Crippen molar-refractivity contribution in [1.29, 1.82) is 0 Å². The van der Waals surface area contributed by atoms with Gasteiger partial charge in [0.15, 0.2) is 0 Å². The van der Waals surface area contributed by atoms with E-state index >= 15 is 0 Å². The third-order valence-electron chi connectivity index (χ3n) is 3.62. The highest BCUT2D eigenvalue weighted by Gasteiger charge is 2.22. The van der Waals surface area contributed by atoms with Gasteiger partial charge in [-0.25, -0.2) is 0 Å². The second-order valence-electron chi connectivity index (χ2n) is 5.05. The van der Waals surface area contributed by atoms with Crippen LogP contribution >= 0.6 is 11.3 Å². The Bertz CT molecular complexity index is 393. The minimum atomic E-state index is -0.330. The third-order valence-corrected chi connectivity index (χ3v) is 4.48. The lowest BCUT2D eigenvalue weighted by Crippen LogP contribution is -2.44. The first-order valence-electron chi connectivity index (χ1n) is 6.99. The SMILES string of the molecule is CCC(N)C(=O)N1CCCN(Cc2cccs2)CC1. The quantitative estimate of drug-likeness (QED) is 0.910. The lowest BCUT2D eigenvalue weighted by atomic mass is 10.2. The predicted octanol–water partition coefficient (Wildman–Crippen LogP) is 1.52. The van der Waals surface area contributed by atoms with Crippen LogP contribution in [0.3, 0.4) is 0 Å². The normalized spacial score (nSPS) is 19.2. The van der Waals surface area contributed by atoms with Gasteiger partial charge in [-0.05, 0) is 24.3 Å². The van der Waals surface area contributed by atoms with Crippen LogP contribution in [-0.4, -0.2) is 47.9 Å². The number of nitrogens with two attached hydrogens (primary N) is 1. The average molecular weight is 281 g/mol. The molecule has 0 bridgehead atoms. The van der Waals surface area contributed by atoms with Crippen molar-refractivity contribution in [3.8, 4) is 0 Å². The third kappa shape index (κ3) is 4.03. The standard InChI is InChI=1S/C14H23N3OS/c1-2-13(15)14(18)17-7-4-6-16(8-9-17)11-12-5-3-10-19-12/h3,5,10,13H,2,4,6-9,11,15H2,1H3. The molecule has 1 aromatic heterocycles. The number of hydrogen-bond donors (Lipinski definition) is 1. The van der Waals surface area contributed by atoms with E-state index in [1.54, 1.807) is 11.3 Å². The maximum absolute atomic E-state index is 12.1. The molecule has 1 fully saturated rings. The minimum absolute atomic E-state index is 0.112. The summed E-state index contributed by atoms with van der Waals surface area (Å²) in [6, 6.07) is 3.93. The highest BCUT2D eigenvalue weighted by molar-refractivity contribution is 7.09. The summed E-state index contributed by atoms with van der Waals surface area (Å²) in [5.74, 6) is 0.112. The smallest absolute Gasteiger partial charge is 0.239 e. The number of nitrogens with zero attached hydrogens (tertiary/aromatic N) is 2. The van der Waals surface area contributed by atoms with Gasteiger partial charge in [0.1, 0.15) is 0 Å². The molecule has 0 aromatic carbocycles. The Morgan fingerprint density at radius 2 is 2.26 bits per heavy atom. The maximum Gasteiger partial charge on any atom is 0.239 e. The molecule has 1 unspecified atom stereocenters. The van der Waals surface area contributed by atoms with Crippen LogP contribution in [-0.2, 0) is 11.3 Å². The van der Waals surface area contributed by atoms with Gasteiger partial charge in [0.2, 0.25) is 5.91 Å². The average Bonchev–Trinajstić information content (AvgIpc) is 2.82. The molecule has 2 heterocycles. The first-order chi connectivity index (χ1) is 9.20. The van der Waals surface area contributed by atoms with Gasteiger partial charge in [0, 0.05) is 37.6 Å². The summed E-state index contributed by atoms with van der Waals surface area (Å²) >= 11 is 1.80. The second kappa shape index (κ2) is 7.03. The Balaban J connectivity index is 1.86. The largest absolute Gasteiger partial charge is 0.340 e. The molecule has 1 saturated heterocycles. The van der Waals surface area contributed by atoms with E-state index in [1.165, 1.54) is 4.88 Å². The number of thiophene rings is 1. The van der Waals surface area contributed by atoms with Crippen molar-refractivity contribution in [2.75, 3.05) is 26.2 Å². The van der Waals surface area contributed by atoms with Gasteiger partial charge >= 0.3 is 0 Å². The molecule has 1 aliphatic rings. The predicted molar refractivity (Wildman–Crippen MR) is 79.1 cm³/mol. The van der Waals surface area contributed by atoms with E-state index in [-0.39, 0.29) is 11.9 Å². The zero-order valence-corrected chi connectivity index (χ0v) is 12.4. The summed E-state index contributed by atoms with van der Waals surface area (Å²) in [4.78, 5) is 17.8. The highest BCUT2D eigenvalue weighted by Crippen LogP contribution is 2.14. The van der Waals surface area contributed by atoms with Gasteiger partial charge in [0.25, 0.3) is 0 Å². The molecular weight excluding hydrogens is 258 g/mol. The lowest BCUT2D eigenvalue weighted by molar-refractivity contribution is -0.132. The zero-order valence-electron chi connectivity index (χ0n) is 11.5. The molecule has 1 atom stereocenters. The molecule has 0 aliphatic carbocycles. The molecule has 1 aromatic rings. The van der Waals surface area contributed by atoms with Crippen molar-refractivity contribution in [2.45, 2.75) is 32.4 Å². The van der Waals surface area contributed by atoms with E-state index in [4.69, 9.17) is 5.73 Å². The molecule has 0 spiro atoms. The van der Waals surface area contributed by atoms with E-state index < -0.39 is 0 Å². The van der Waals surface area contributed by atoms with Crippen LogP contribution in [0, 0.1) is 0 Å². The molecule has 0 saturated carbocycles. The van der Waals surface area contributed by atoms with Crippen LogP contribution in [0.1, 0.15) is 24.6 Å². The van der Waals surface area contributed by atoms with E-state index in [9.17, 15) is 4.79 Å². The molecule has 2 rings (SSSR count). The van der Waals surface area contributed by atoms with Crippen molar-refractivity contribution >= 4 is 17.2 Å². The second-order valence-corrected chi connectivity index (χ2v) is 6.08. The first kappa shape index (κ1) is 14.5. The summed E-state index contributed by atoms with van der Waals surface area (Å²) < 4.78 is 0. The summed E-state index contributed by atoms with van der Waals surface area (Å²) in [6.45, 7) is 6.61. The van der Waals surface area contributed by atoms with E-state index in [0.717, 1.165) is 39.1 Å². The first-order valence-corrected chi connectivity index (χ1v) is 7.87. The Hall–Kier alpha value is -0.910. The van der Waals surface area contributed by atoms with Gasteiger partial charge < -0.3 is 10.6 Å². The van der Waals surface area contributed by atoms with Crippen LogP contribution < -0.4 is 5.73 Å². The molecular formula is C14H23N3OS. The van der Waals surface area contributed by atoms with Crippen molar-refractivity contribution in [2.24, 2.45) is 5.73 Å². The van der Waals surface area contributed by atoms with Gasteiger partial charge in [-0.1, -0.05) is 13.0 Å². The summed E-state index contributed by atoms with van der Waals surface area (Å²) in [7, 11) is 0. The maximum atomic E-state index is 12.1. The topological polar surface area (TPSA) is 49.6 Å². The van der Waals surface area contributed by atoms with Gasteiger partial charge in [0.05, 0.1) is 6.04 Å². The molecule has 1 amide bonds. The Kier molecular flexibility index (Phi) is 5.36. The van der Waals surface area contributed by atoms with E-state index in [0.29, 0.717) is 6.42 Å². The molecule has 0 radical (unpaired) electrons. The molecule has 1 aliphatic heterocycles. The molecule has 19 heavy (non-hydrogen) atoms. The fourth-order valence-corrected chi connectivity index (χ4v) is 3.13. The van der Waals surface area contributed by atoms with E-state index in [2.05, 4.69) is 22.4 Å². The molecule has 106 valence electrons. The van der Waals surface area contributed by atoms with Crippen molar-refractivity contribution < 1.29 is 4.79 Å². The van der Waals surface area contributed by atoms with Crippen molar-refractivity contribution in [3.63, 3.8) is 0 Å². The van der Waals surface area contributed by atoms with Crippen LogP contribution in [0.2, 0.25) is 0 Å². The number of carbonyl (C=O) groups excluding carboxylic acids is 1. The fourth-order valence-electron chi connectivity index (χ4n) is 2.38. The summed E-state index contributed by atoms with van der Waals surface area (Å²) in [5.41, 5.74) is 5.84. The lowest BCUT2D eigenvalue weighted by Gasteiger charge is -2.24. The number of amides is 1.